The molecule has 2 rings (SSSR count). The number of carbonyl (C=O) groups is 1. The molecule has 0 saturated heterocycles. The quantitative estimate of drug-likeness (QED) is 0.756. The van der Waals surface area contributed by atoms with Gasteiger partial charge in [0.1, 0.15) is 5.75 Å². The van der Waals surface area contributed by atoms with Crippen molar-refractivity contribution in [1.82, 2.24) is 25.2 Å². The molecule has 2 aromatic rings. The lowest BCUT2D eigenvalue weighted by Crippen LogP contribution is -2.16. The number of nitrogens with zero attached hydrogens (tertiary/aromatic N) is 5. The average Bonchev–Trinajstić information content (AvgIpc) is 2.91. The second kappa shape index (κ2) is 6.29. The van der Waals surface area contributed by atoms with Crippen LogP contribution in [0.2, 0.25) is 0 Å². The van der Waals surface area contributed by atoms with Gasteiger partial charge in [0, 0.05) is 17.3 Å². The number of ether oxygens (including phenoxy) is 2. The molecule has 0 N–H and O–H groups in total. The standard InChI is InChI=1S/C13H17N5O3/c1-5-21-13(19)12-15-16-17-18(12)7-10-9(3)11(20-4)8(2)6-14-10/h6H,5,7H2,1-4H3. The molecule has 0 aliphatic carbocycles. The van der Waals surface area contributed by atoms with Crippen LogP contribution in [0.5, 0.6) is 5.75 Å². The van der Waals surface area contributed by atoms with Gasteiger partial charge in [0.25, 0.3) is 5.82 Å². The topological polar surface area (TPSA) is 92.0 Å². The molecule has 0 unspecified atom stereocenters. The molecule has 0 spiro atoms. The molecule has 112 valence electrons. The summed E-state index contributed by atoms with van der Waals surface area (Å²) in [5, 5.41) is 11.0. The molecule has 0 bridgehead atoms. The Morgan fingerprint density at radius 1 is 1.38 bits per heavy atom. The highest BCUT2D eigenvalue weighted by Gasteiger charge is 2.18. The fourth-order valence-electron chi connectivity index (χ4n) is 2.03. The summed E-state index contributed by atoms with van der Waals surface area (Å²) in [5.74, 6) is 0.266. The van der Waals surface area contributed by atoms with Crippen molar-refractivity contribution >= 4 is 5.97 Å². The van der Waals surface area contributed by atoms with Crippen molar-refractivity contribution in [1.29, 1.82) is 0 Å². The molecule has 2 aromatic heterocycles. The number of methoxy groups -OCH3 is 1. The van der Waals surface area contributed by atoms with Gasteiger partial charge < -0.3 is 9.47 Å². The van der Waals surface area contributed by atoms with E-state index in [2.05, 4.69) is 20.5 Å². The van der Waals surface area contributed by atoms with Crippen molar-refractivity contribution in [2.75, 3.05) is 13.7 Å². The summed E-state index contributed by atoms with van der Waals surface area (Å²) in [5.41, 5.74) is 2.57. The summed E-state index contributed by atoms with van der Waals surface area (Å²) in [6.07, 6.45) is 1.72. The highest BCUT2D eigenvalue weighted by Crippen LogP contribution is 2.24. The Kier molecular flexibility index (Phi) is 4.46. The van der Waals surface area contributed by atoms with Gasteiger partial charge in [0.15, 0.2) is 0 Å². The summed E-state index contributed by atoms with van der Waals surface area (Å²) in [6, 6.07) is 0. The van der Waals surface area contributed by atoms with Crippen LogP contribution in [0.25, 0.3) is 0 Å². The lowest BCUT2D eigenvalue weighted by atomic mass is 10.1. The van der Waals surface area contributed by atoms with Crippen LogP contribution >= 0.6 is 0 Å². The van der Waals surface area contributed by atoms with Crippen molar-refractivity contribution in [3.05, 3.63) is 28.8 Å². The number of rotatable bonds is 5. The van der Waals surface area contributed by atoms with E-state index >= 15 is 0 Å². The van der Waals surface area contributed by atoms with Crippen LogP contribution < -0.4 is 4.74 Å². The van der Waals surface area contributed by atoms with E-state index in [-0.39, 0.29) is 19.0 Å². The van der Waals surface area contributed by atoms with Gasteiger partial charge in [0.05, 0.1) is 26.0 Å². The molecule has 8 heteroatoms. The highest BCUT2D eigenvalue weighted by molar-refractivity contribution is 5.85. The minimum atomic E-state index is -0.556. The van der Waals surface area contributed by atoms with Crippen molar-refractivity contribution < 1.29 is 14.3 Å². The number of pyridine rings is 1. The van der Waals surface area contributed by atoms with E-state index in [0.717, 1.165) is 22.6 Å². The number of tetrazole rings is 1. The fourth-order valence-corrected chi connectivity index (χ4v) is 2.03. The molecule has 0 fully saturated rings. The van der Waals surface area contributed by atoms with E-state index in [1.807, 2.05) is 13.8 Å². The first kappa shape index (κ1) is 14.9. The van der Waals surface area contributed by atoms with Crippen LogP contribution in [0, 0.1) is 13.8 Å². The maximum atomic E-state index is 11.7. The third-order valence-corrected chi connectivity index (χ3v) is 3.04. The van der Waals surface area contributed by atoms with Crippen LogP contribution in [0.15, 0.2) is 6.20 Å². The summed E-state index contributed by atoms with van der Waals surface area (Å²) >= 11 is 0. The molecule has 0 atom stereocenters. The van der Waals surface area contributed by atoms with Gasteiger partial charge in [0.2, 0.25) is 0 Å². The van der Waals surface area contributed by atoms with E-state index in [4.69, 9.17) is 9.47 Å². The maximum Gasteiger partial charge on any atom is 0.378 e. The average molecular weight is 291 g/mol. The summed E-state index contributed by atoms with van der Waals surface area (Å²) in [6.45, 7) is 6.08. The van der Waals surface area contributed by atoms with Crippen LogP contribution in [0.1, 0.15) is 34.4 Å². The monoisotopic (exact) mass is 291 g/mol. The number of carbonyl (C=O) groups excluding carboxylic acids is 1. The number of hydrogen-bond donors (Lipinski definition) is 0. The molecular formula is C13H17N5O3. The molecular weight excluding hydrogens is 274 g/mol. The highest BCUT2D eigenvalue weighted by atomic mass is 16.5. The van der Waals surface area contributed by atoms with Crippen molar-refractivity contribution in [2.24, 2.45) is 0 Å². The van der Waals surface area contributed by atoms with Crippen LogP contribution in [-0.2, 0) is 11.3 Å². The van der Waals surface area contributed by atoms with E-state index in [1.54, 1.807) is 20.2 Å². The summed E-state index contributed by atoms with van der Waals surface area (Å²) < 4.78 is 11.6. The largest absolute Gasteiger partial charge is 0.496 e. The summed E-state index contributed by atoms with van der Waals surface area (Å²) in [7, 11) is 1.61. The molecule has 0 aliphatic heterocycles. The third kappa shape index (κ3) is 2.99. The van der Waals surface area contributed by atoms with E-state index < -0.39 is 5.97 Å². The Labute approximate surface area is 122 Å². The second-order valence-electron chi connectivity index (χ2n) is 4.43. The summed E-state index contributed by atoms with van der Waals surface area (Å²) in [4.78, 5) is 16.1. The van der Waals surface area contributed by atoms with Gasteiger partial charge in [-0.1, -0.05) is 0 Å². The number of esters is 1. The Morgan fingerprint density at radius 2 is 2.14 bits per heavy atom. The smallest absolute Gasteiger partial charge is 0.378 e. The molecule has 0 aromatic carbocycles. The Morgan fingerprint density at radius 3 is 2.81 bits per heavy atom. The Hall–Kier alpha value is -2.51. The normalized spacial score (nSPS) is 10.5. The van der Waals surface area contributed by atoms with E-state index in [0.29, 0.717) is 0 Å². The first-order valence-corrected chi connectivity index (χ1v) is 6.50. The van der Waals surface area contributed by atoms with Gasteiger partial charge in [-0.2, -0.15) is 0 Å². The zero-order valence-electron chi connectivity index (χ0n) is 12.5. The van der Waals surface area contributed by atoms with E-state index in [1.165, 1.54) is 4.68 Å². The maximum absolute atomic E-state index is 11.7. The number of aryl methyl sites for hydroxylation is 1. The lowest BCUT2D eigenvalue weighted by Gasteiger charge is -2.12. The van der Waals surface area contributed by atoms with Gasteiger partial charge in [-0.25, -0.2) is 9.48 Å². The predicted octanol–water partition coefficient (Wildman–Crippen LogP) is 0.919. The minimum Gasteiger partial charge on any atom is -0.496 e. The first-order chi connectivity index (χ1) is 10.1. The predicted molar refractivity (Wildman–Crippen MR) is 73.1 cm³/mol. The van der Waals surface area contributed by atoms with E-state index in [9.17, 15) is 4.79 Å². The van der Waals surface area contributed by atoms with Crippen molar-refractivity contribution in [3.8, 4) is 5.75 Å². The minimum absolute atomic E-state index is 0.0533. The van der Waals surface area contributed by atoms with Crippen molar-refractivity contribution in [2.45, 2.75) is 27.3 Å². The van der Waals surface area contributed by atoms with Gasteiger partial charge in [-0.05, 0) is 31.2 Å². The molecule has 0 saturated carbocycles. The molecule has 0 aliphatic rings. The molecule has 2 heterocycles. The van der Waals surface area contributed by atoms with Gasteiger partial charge in [-0.3, -0.25) is 4.98 Å². The Bertz CT molecular complexity index is 653. The van der Waals surface area contributed by atoms with Gasteiger partial charge >= 0.3 is 5.97 Å². The van der Waals surface area contributed by atoms with Crippen LogP contribution in [0.3, 0.4) is 0 Å². The van der Waals surface area contributed by atoms with Crippen LogP contribution in [-0.4, -0.2) is 44.9 Å². The molecule has 0 radical (unpaired) electrons. The molecule has 8 nitrogen and oxygen atoms in total. The number of aromatic nitrogens is 5. The number of hydrogen-bond acceptors (Lipinski definition) is 7. The zero-order chi connectivity index (χ0) is 15.4. The zero-order valence-corrected chi connectivity index (χ0v) is 12.5. The van der Waals surface area contributed by atoms with Gasteiger partial charge in [-0.15, -0.1) is 5.10 Å². The fraction of sp³-hybridized carbons (Fsp3) is 0.462. The first-order valence-electron chi connectivity index (χ1n) is 6.50. The Balaban J connectivity index is 2.32. The molecule has 0 amide bonds. The molecule has 21 heavy (non-hydrogen) atoms. The SMILES string of the molecule is CCOC(=O)c1nnnn1Cc1ncc(C)c(OC)c1C. The third-order valence-electron chi connectivity index (χ3n) is 3.04. The lowest BCUT2D eigenvalue weighted by molar-refractivity contribution is 0.0505. The van der Waals surface area contributed by atoms with Crippen LogP contribution in [0.4, 0.5) is 0 Å². The van der Waals surface area contributed by atoms with Crippen molar-refractivity contribution in [3.63, 3.8) is 0 Å². The second-order valence-corrected chi connectivity index (χ2v) is 4.43.